The van der Waals surface area contributed by atoms with Gasteiger partial charge in [0.15, 0.2) is 0 Å². The SMILES string of the molecule is COc1ccc(Cl)cc1CC(=O)N1CCN(C2C[C@H]3CC[C@@H](C2)N3C)CC1. The third kappa shape index (κ3) is 3.96. The number of nitrogens with zero attached hydrogens (tertiary/aromatic N) is 3. The van der Waals surface area contributed by atoms with Crippen molar-refractivity contribution in [3.63, 3.8) is 0 Å². The highest BCUT2D eigenvalue weighted by atomic mass is 35.5. The van der Waals surface area contributed by atoms with E-state index < -0.39 is 0 Å². The van der Waals surface area contributed by atoms with E-state index in [1.54, 1.807) is 13.2 Å². The fourth-order valence-corrected chi connectivity index (χ4v) is 5.37. The van der Waals surface area contributed by atoms with Gasteiger partial charge < -0.3 is 14.5 Å². The van der Waals surface area contributed by atoms with Crippen LogP contribution in [0, 0.1) is 0 Å². The Bertz CT molecular complexity index is 676. The van der Waals surface area contributed by atoms with Crippen LogP contribution in [-0.2, 0) is 11.2 Å². The van der Waals surface area contributed by atoms with Crippen molar-refractivity contribution in [1.29, 1.82) is 0 Å². The van der Waals surface area contributed by atoms with Gasteiger partial charge in [0.1, 0.15) is 5.75 Å². The van der Waals surface area contributed by atoms with E-state index in [2.05, 4.69) is 16.8 Å². The van der Waals surface area contributed by atoms with Gasteiger partial charge in [-0.1, -0.05) is 11.6 Å². The second-order valence-electron chi connectivity index (χ2n) is 8.23. The number of piperidine rings is 1. The maximum atomic E-state index is 12.8. The van der Waals surface area contributed by atoms with Crippen molar-refractivity contribution >= 4 is 17.5 Å². The molecule has 0 aliphatic carbocycles. The first-order chi connectivity index (χ1) is 13.0. The molecule has 0 spiro atoms. The Labute approximate surface area is 167 Å². The Morgan fingerprint density at radius 3 is 2.41 bits per heavy atom. The number of methoxy groups -OCH3 is 1. The molecule has 148 valence electrons. The average molecular weight is 392 g/mol. The number of fused-ring (bicyclic) bond motifs is 2. The molecule has 2 bridgehead atoms. The van der Waals surface area contributed by atoms with E-state index in [-0.39, 0.29) is 5.91 Å². The highest BCUT2D eigenvalue weighted by Crippen LogP contribution is 2.36. The summed E-state index contributed by atoms with van der Waals surface area (Å²) in [7, 11) is 3.92. The zero-order chi connectivity index (χ0) is 19.0. The predicted molar refractivity (Wildman–Crippen MR) is 107 cm³/mol. The van der Waals surface area contributed by atoms with Gasteiger partial charge in [-0.05, 0) is 50.9 Å². The lowest BCUT2D eigenvalue weighted by Crippen LogP contribution is -2.56. The van der Waals surface area contributed by atoms with Crippen molar-refractivity contribution < 1.29 is 9.53 Å². The number of carbonyl (C=O) groups excluding carboxylic acids is 1. The maximum Gasteiger partial charge on any atom is 0.227 e. The molecule has 27 heavy (non-hydrogen) atoms. The van der Waals surface area contributed by atoms with E-state index >= 15 is 0 Å². The van der Waals surface area contributed by atoms with Crippen molar-refractivity contribution in [3.05, 3.63) is 28.8 Å². The highest BCUT2D eigenvalue weighted by Gasteiger charge is 2.41. The summed E-state index contributed by atoms with van der Waals surface area (Å²) in [6.07, 6.45) is 5.65. The second-order valence-corrected chi connectivity index (χ2v) is 8.66. The van der Waals surface area contributed by atoms with Crippen molar-refractivity contribution in [2.24, 2.45) is 0 Å². The van der Waals surface area contributed by atoms with Crippen molar-refractivity contribution in [3.8, 4) is 5.75 Å². The molecule has 3 fully saturated rings. The molecule has 5 nitrogen and oxygen atoms in total. The molecule has 4 rings (SSSR count). The standard InChI is InChI=1S/C21H30ClN3O2/c1-23-17-4-5-18(23)14-19(13-17)24-7-9-25(10-8-24)21(26)12-15-11-16(22)3-6-20(15)27-2/h3,6,11,17-19H,4-5,7-10,12-14H2,1-2H3/t17-,18+,19?. The number of amides is 1. The molecular weight excluding hydrogens is 362 g/mol. The minimum absolute atomic E-state index is 0.165. The zero-order valence-corrected chi connectivity index (χ0v) is 17.1. The molecule has 6 heteroatoms. The lowest BCUT2D eigenvalue weighted by atomic mass is 9.96. The first kappa shape index (κ1) is 19.0. The van der Waals surface area contributed by atoms with Crippen molar-refractivity contribution in [2.45, 2.75) is 50.2 Å². The minimum Gasteiger partial charge on any atom is -0.496 e. The summed E-state index contributed by atoms with van der Waals surface area (Å²) in [6, 6.07) is 7.69. The van der Waals surface area contributed by atoms with Gasteiger partial charge in [0.2, 0.25) is 5.91 Å². The smallest absolute Gasteiger partial charge is 0.227 e. The number of ether oxygens (including phenoxy) is 1. The largest absolute Gasteiger partial charge is 0.496 e. The number of benzene rings is 1. The Hall–Kier alpha value is -1.30. The number of carbonyl (C=O) groups is 1. The van der Waals surface area contributed by atoms with E-state index in [1.165, 1.54) is 25.7 Å². The topological polar surface area (TPSA) is 36.0 Å². The van der Waals surface area contributed by atoms with Crippen molar-refractivity contribution in [1.82, 2.24) is 14.7 Å². The second kappa shape index (κ2) is 7.98. The predicted octanol–water partition coefficient (Wildman–Crippen LogP) is 2.66. The lowest BCUT2D eigenvalue weighted by Gasteiger charge is -2.45. The molecule has 3 aliphatic rings. The van der Waals surface area contributed by atoms with Gasteiger partial charge in [0.25, 0.3) is 0 Å². The van der Waals surface area contributed by atoms with Crippen LogP contribution in [-0.4, -0.2) is 79.1 Å². The normalized spacial score (nSPS) is 29.1. The third-order valence-corrected chi connectivity index (χ3v) is 7.08. The summed E-state index contributed by atoms with van der Waals surface area (Å²) in [5.74, 6) is 0.895. The minimum atomic E-state index is 0.165. The van der Waals surface area contributed by atoms with Crippen LogP contribution in [0.4, 0.5) is 0 Å². The molecule has 3 atom stereocenters. The average Bonchev–Trinajstić information content (AvgIpc) is 2.89. The number of rotatable bonds is 4. The van der Waals surface area contributed by atoms with Gasteiger partial charge in [-0.3, -0.25) is 9.69 Å². The number of hydrogen-bond acceptors (Lipinski definition) is 4. The first-order valence-corrected chi connectivity index (χ1v) is 10.5. The van der Waals surface area contributed by atoms with E-state index in [1.807, 2.05) is 17.0 Å². The number of halogens is 1. The highest BCUT2D eigenvalue weighted by molar-refractivity contribution is 6.30. The molecule has 0 aromatic heterocycles. The van der Waals surface area contributed by atoms with Crippen LogP contribution in [0.5, 0.6) is 5.75 Å². The Kier molecular flexibility index (Phi) is 5.62. The molecule has 3 heterocycles. The summed E-state index contributed by atoms with van der Waals surface area (Å²) in [5, 5.41) is 0.639. The number of hydrogen-bond donors (Lipinski definition) is 0. The molecule has 0 N–H and O–H groups in total. The quantitative estimate of drug-likeness (QED) is 0.790. The Morgan fingerprint density at radius 1 is 1.11 bits per heavy atom. The molecule has 0 saturated carbocycles. The van der Waals surface area contributed by atoms with Crippen LogP contribution < -0.4 is 4.74 Å². The van der Waals surface area contributed by atoms with Gasteiger partial charge in [0.05, 0.1) is 13.5 Å². The maximum absolute atomic E-state index is 12.8. The van der Waals surface area contributed by atoms with Gasteiger partial charge in [-0.25, -0.2) is 0 Å². The molecule has 1 aromatic carbocycles. The third-order valence-electron chi connectivity index (χ3n) is 6.84. The zero-order valence-electron chi connectivity index (χ0n) is 16.4. The summed E-state index contributed by atoms with van der Waals surface area (Å²) in [5.41, 5.74) is 0.865. The summed E-state index contributed by atoms with van der Waals surface area (Å²) < 4.78 is 5.38. The van der Waals surface area contributed by atoms with Gasteiger partial charge in [0, 0.05) is 54.9 Å². The van der Waals surface area contributed by atoms with Gasteiger partial charge in [-0.15, -0.1) is 0 Å². The van der Waals surface area contributed by atoms with Crippen LogP contribution in [0.15, 0.2) is 18.2 Å². The van der Waals surface area contributed by atoms with Gasteiger partial charge >= 0.3 is 0 Å². The van der Waals surface area contributed by atoms with E-state index in [0.717, 1.165) is 49.6 Å². The molecule has 0 radical (unpaired) electrons. The van der Waals surface area contributed by atoms with E-state index in [4.69, 9.17) is 16.3 Å². The van der Waals surface area contributed by atoms with Crippen LogP contribution in [0.3, 0.4) is 0 Å². The summed E-state index contributed by atoms with van der Waals surface area (Å²) in [6.45, 7) is 3.63. The Morgan fingerprint density at radius 2 is 1.78 bits per heavy atom. The first-order valence-electron chi connectivity index (χ1n) is 10.1. The molecular formula is C21H30ClN3O2. The lowest BCUT2D eigenvalue weighted by molar-refractivity contribution is -0.132. The summed E-state index contributed by atoms with van der Waals surface area (Å²) >= 11 is 6.10. The van der Waals surface area contributed by atoms with E-state index in [9.17, 15) is 4.79 Å². The van der Waals surface area contributed by atoms with Crippen LogP contribution in [0.2, 0.25) is 5.02 Å². The molecule has 3 saturated heterocycles. The number of piperazine rings is 1. The van der Waals surface area contributed by atoms with Crippen LogP contribution in [0.25, 0.3) is 0 Å². The molecule has 1 unspecified atom stereocenters. The fourth-order valence-electron chi connectivity index (χ4n) is 5.18. The van der Waals surface area contributed by atoms with Crippen LogP contribution >= 0.6 is 11.6 Å². The monoisotopic (exact) mass is 391 g/mol. The molecule has 1 aromatic rings. The molecule has 1 amide bonds. The molecule has 3 aliphatic heterocycles. The Balaban J connectivity index is 1.32. The van der Waals surface area contributed by atoms with E-state index in [0.29, 0.717) is 17.5 Å². The fraction of sp³-hybridized carbons (Fsp3) is 0.667. The van der Waals surface area contributed by atoms with Crippen LogP contribution in [0.1, 0.15) is 31.2 Å². The van der Waals surface area contributed by atoms with Gasteiger partial charge in [-0.2, -0.15) is 0 Å². The van der Waals surface area contributed by atoms with Crippen molar-refractivity contribution in [2.75, 3.05) is 40.3 Å². The summed E-state index contributed by atoms with van der Waals surface area (Å²) in [4.78, 5) is 20.0.